The summed E-state index contributed by atoms with van der Waals surface area (Å²) in [5.74, 6) is 0. The average Bonchev–Trinajstić information content (AvgIpc) is 3.50. The predicted octanol–water partition coefficient (Wildman–Crippen LogP) is 27.8. The van der Waals surface area contributed by atoms with E-state index in [1.54, 1.807) is 0 Å². The van der Waals surface area contributed by atoms with Crippen molar-refractivity contribution in [3.05, 3.63) is 0 Å². The first kappa shape index (κ1) is 82.5. The van der Waals surface area contributed by atoms with Crippen molar-refractivity contribution in [1.29, 1.82) is 0 Å². The zero-order valence-corrected chi connectivity index (χ0v) is 58.0. The second-order valence-corrected chi connectivity index (χ2v) is 27.2. The monoisotopic (exact) mass is 1190 g/mol. The highest BCUT2D eigenvalue weighted by Crippen LogP contribution is 2.20. The lowest BCUT2D eigenvalue weighted by Gasteiger charge is -2.08. The summed E-state index contributed by atoms with van der Waals surface area (Å²) in [4.78, 5) is 24.1. The summed E-state index contributed by atoms with van der Waals surface area (Å²) >= 11 is 0. The molecule has 2 amide bonds. The number of carbonyl (C=O) groups is 2. The fourth-order valence-corrected chi connectivity index (χ4v) is 12.7. The number of rotatable bonds is 75. The van der Waals surface area contributed by atoms with Gasteiger partial charge in [0.15, 0.2) is 0 Å². The molecule has 0 aliphatic carbocycles. The van der Waals surface area contributed by atoms with Gasteiger partial charge >= 0.3 is 12.2 Å². The largest absolute Gasteiger partial charge is 0.450 e. The molecule has 84 heavy (non-hydrogen) atoms. The van der Waals surface area contributed by atoms with Crippen LogP contribution in [0, 0.1) is 0 Å². The number of hydrogen-bond donors (Lipinski definition) is 2. The van der Waals surface area contributed by atoms with E-state index in [1.165, 1.54) is 398 Å². The first-order chi connectivity index (χ1) is 41.7. The van der Waals surface area contributed by atoms with Crippen molar-refractivity contribution in [1.82, 2.24) is 10.6 Å². The highest BCUT2D eigenvalue weighted by molar-refractivity contribution is 5.67. The van der Waals surface area contributed by atoms with Gasteiger partial charge in [-0.3, -0.25) is 0 Å². The van der Waals surface area contributed by atoms with Crippen molar-refractivity contribution >= 4 is 12.2 Å². The molecular formula is C78H156N2O4. The minimum Gasteiger partial charge on any atom is -0.450 e. The van der Waals surface area contributed by atoms with E-state index in [2.05, 4.69) is 24.5 Å². The lowest BCUT2D eigenvalue weighted by molar-refractivity contribution is 0.142. The third-order valence-corrected chi connectivity index (χ3v) is 18.6. The molecule has 6 nitrogen and oxygen atoms in total. The van der Waals surface area contributed by atoms with Gasteiger partial charge < -0.3 is 20.1 Å². The summed E-state index contributed by atoms with van der Waals surface area (Å²) in [6.07, 6.45) is 96.7. The van der Waals surface area contributed by atoms with Gasteiger partial charge in [-0.1, -0.05) is 438 Å². The van der Waals surface area contributed by atoms with Gasteiger partial charge in [-0.05, 0) is 25.7 Å². The van der Waals surface area contributed by atoms with Crippen molar-refractivity contribution in [3.8, 4) is 0 Å². The summed E-state index contributed by atoms with van der Waals surface area (Å²) in [5, 5.41) is 5.79. The molecule has 0 bridgehead atoms. The van der Waals surface area contributed by atoms with Gasteiger partial charge in [0, 0.05) is 13.1 Å². The van der Waals surface area contributed by atoms with Crippen LogP contribution in [0.4, 0.5) is 9.59 Å². The molecule has 0 saturated carbocycles. The van der Waals surface area contributed by atoms with Crippen molar-refractivity contribution in [3.63, 3.8) is 0 Å². The van der Waals surface area contributed by atoms with Crippen LogP contribution in [-0.2, 0) is 9.47 Å². The normalized spacial score (nSPS) is 11.5. The van der Waals surface area contributed by atoms with Gasteiger partial charge in [-0.25, -0.2) is 9.59 Å². The Morgan fingerprint density at radius 3 is 0.440 bits per heavy atom. The number of unbranched alkanes of at least 4 members (excludes halogenated alkanes) is 67. The lowest BCUT2D eigenvalue weighted by atomic mass is 10.0. The Kier molecular flexibility index (Phi) is 76.3. The standard InChI is InChI=1S/C78H156N2O4/c1-3-5-7-9-11-13-15-17-19-21-23-25-27-29-31-33-35-37-39-41-43-45-47-49-51-53-55-57-59-61-63-67-71-75-83-77(81)79-73-69-65-66-70-74-80-78(82)84-76-72-68-64-62-60-58-56-54-52-50-48-46-44-42-40-38-36-34-32-30-28-26-24-22-20-18-16-14-12-10-8-6-4-2/h3-76H2,1-2H3,(H,79,81)(H,80,82). The number of ether oxygens (including phenoxy) is 2. The number of hydrogen-bond acceptors (Lipinski definition) is 4. The van der Waals surface area contributed by atoms with Gasteiger partial charge in [-0.15, -0.1) is 0 Å². The molecule has 0 aromatic heterocycles. The second-order valence-electron chi connectivity index (χ2n) is 27.2. The Bertz CT molecular complexity index is 1110. The zero-order valence-electron chi connectivity index (χ0n) is 58.0. The SMILES string of the molecule is CCCCCCCCCCCCCCCCCCCCCCCCCCCCCCCCCCCOC(=O)NCCCCCCNC(=O)OCCCCCCCCCCCCCCCCCCCCCCCCCCCCCCCCCCC. The quantitative estimate of drug-likeness (QED) is 0.0595. The van der Waals surface area contributed by atoms with Gasteiger partial charge in [-0.2, -0.15) is 0 Å². The Hall–Kier alpha value is -1.46. The number of nitrogens with one attached hydrogen (secondary N) is 2. The maximum atomic E-state index is 12.1. The minimum absolute atomic E-state index is 0.285. The highest BCUT2D eigenvalue weighted by Gasteiger charge is 2.05. The Morgan fingerprint density at radius 2 is 0.298 bits per heavy atom. The maximum absolute atomic E-state index is 12.1. The second kappa shape index (κ2) is 77.6. The van der Waals surface area contributed by atoms with Crippen LogP contribution in [0.15, 0.2) is 0 Å². The molecule has 0 fully saturated rings. The summed E-state index contributed by atoms with van der Waals surface area (Å²) < 4.78 is 10.8. The zero-order chi connectivity index (χ0) is 60.3. The number of alkyl carbamates (subject to hydrolysis) is 2. The van der Waals surface area contributed by atoms with Crippen LogP contribution in [0.1, 0.15) is 463 Å². The molecular weight excluding hydrogens is 1030 g/mol. The first-order valence-corrected chi connectivity index (χ1v) is 39.5. The van der Waals surface area contributed by atoms with Gasteiger partial charge in [0.05, 0.1) is 13.2 Å². The summed E-state index contributed by atoms with van der Waals surface area (Å²) in [6.45, 7) is 6.95. The molecule has 0 unspecified atom stereocenters. The maximum Gasteiger partial charge on any atom is 0.407 e. The van der Waals surface area contributed by atoms with E-state index < -0.39 is 0 Å². The Morgan fingerprint density at radius 1 is 0.179 bits per heavy atom. The molecule has 0 spiro atoms. The van der Waals surface area contributed by atoms with Crippen LogP contribution in [0.25, 0.3) is 0 Å². The van der Waals surface area contributed by atoms with E-state index in [4.69, 9.17) is 9.47 Å². The van der Waals surface area contributed by atoms with E-state index in [0.717, 1.165) is 51.4 Å². The summed E-state index contributed by atoms with van der Waals surface area (Å²) in [5.41, 5.74) is 0. The summed E-state index contributed by atoms with van der Waals surface area (Å²) in [7, 11) is 0. The Labute approximate surface area is 528 Å². The van der Waals surface area contributed by atoms with Crippen LogP contribution in [0.3, 0.4) is 0 Å². The molecule has 0 atom stereocenters. The fraction of sp³-hybridized carbons (Fsp3) is 0.974. The molecule has 0 aliphatic rings. The molecule has 0 saturated heterocycles. The molecule has 2 N–H and O–H groups in total. The molecule has 0 aliphatic heterocycles. The third kappa shape index (κ3) is 76.6. The van der Waals surface area contributed by atoms with Crippen LogP contribution in [0.5, 0.6) is 0 Å². The van der Waals surface area contributed by atoms with E-state index in [-0.39, 0.29) is 12.2 Å². The molecule has 6 heteroatoms. The van der Waals surface area contributed by atoms with E-state index in [9.17, 15) is 9.59 Å². The topological polar surface area (TPSA) is 76.7 Å². The third-order valence-electron chi connectivity index (χ3n) is 18.6. The number of carbonyl (C=O) groups excluding carboxylic acids is 2. The van der Waals surface area contributed by atoms with E-state index in [0.29, 0.717) is 26.3 Å². The van der Waals surface area contributed by atoms with Crippen molar-refractivity contribution < 1.29 is 19.1 Å². The highest BCUT2D eigenvalue weighted by atomic mass is 16.6. The van der Waals surface area contributed by atoms with Crippen LogP contribution in [-0.4, -0.2) is 38.5 Å². The molecule has 0 radical (unpaired) electrons. The Balaban J connectivity index is 3.20. The van der Waals surface area contributed by atoms with E-state index in [1.807, 2.05) is 0 Å². The smallest absolute Gasteiger partial charge is 0.407 e. The molecule has 0 heterocycles. The number of amides is 2. The molecule has 502 valence electrons. The predicted molar refractivity (Wildman–Crippen MR) is 373 cm³/mol. The minimum atomic E-state index is -0.285. The van der Waals surface area contributed by atoms with Gasteiger partial charge in [0.25, 0.3) is 0 Å². The average molecular weight is 1190 g/mol. The van der Waals surface area contributed by atoms with Crippen molar-refractivity contribution in [2.24, 2.45) is 0 Å². The molecule has 0 rings (SSSR count). The molecule has 0 aromatic carbocycles. The first-order valence-electron chi connectivity index (χ1n) is 39.5. The van der Waals surface area contributed by atoms with Gasteiger partial charge in [0.2, 0.25) is 0 Å². The fourth-order valence-electron chi connectivity index (χ4n) is 12.7. The summed E-state index contributed by atoms with van der Waals surface area (Å²) in [6, 6.07) is 0. The van der Waals surface area contributed by atoms with Crippen LogP contribution in [0.2, 0.25) is 0 Å². The van der Waals surface area contributed by atoms with Crippen LogP contribution >= 0.6 is 0 Å². The van der Waals surface area contributed by atoms with Crippen LogP contribution < -0.4 is 10.6 Å². The van der Waals surface area contributed by atoms with Crippen molar-refractivity contribution in [2.45, 2.75) is 463 Å². The van der Waals surface area contributed by atoms with E-state index >= 15 is 0 Å². The van der Waals surface area contributed by atoms with Gasteiger partial charge in [0.1, 0.15) is 0 Å². The molecule has 0 aromatic rings. The van der Waals surface area contributed by atoms with Crippen molar-refractivity contribution in [2.75, 3.05) is 26.3 Å². The lowest BCUT2D eigenvalue weighted by Crippen LogP contribution is -2.26.